The van der Waals surface area contributed by atoms with Crippen LogP contribution in [0.4, 0.5) is 5.69 Å². The van der Waals surface area contributed by atoms with Gasteiger partial charge in [0.1, 0.15) is 0 Å². The van der Waals surface area contributed by atoms with E-state index in [1.165, 1.54) is 0 Å². The molecule has 0 atom stereocenters. The van der Waals surface area contributed by atoms with Gasteiger partial charge in [-0.05, 0) is 49.2 Å². The molecule has 2 rings (SSSR count). The first-order valence-corrected chi connectivity index (χ1v) is 6.43. The van der Waals surface area contributed by atoms with Gasteiger partial charge in [-0.25, -0.2) is 4.98 Å². The van der Waals surface area contributed by atoms with Crippen LogP contribution < -0.4 is 5.32 Å². The molecular weight excluding hydrogens is 283 g/mol. The first-order chi connectivity index (χ1) is 8.99. The first-order valence-electron chi connectivity index (χ1n) is 5.67. The molecule has 98 valence electrons. The molecule has 1 heterocycles. The number of anilines is 1. The van der Waals surface area contributed by atoms with Crippen molar-refractivity contribution in [2.24, 2.45) is 0 Å². The molecule has 0 fully saturated rings. The fourth-order valence-corrected chi connectivity index (χ4v) is 2.22. The molecular formula is C14H12Cl2N2O. The number of hydrogen-bond acceptors (Lipinski definition) is 2. The van der Waals surface area contributed by atoms with E-state index in [2.05, 4.69) is 10.3 Å². The Morgan fingerprint density at radius 3 is 2.53 bits per heavy atom. The highest BCUT2D eigenvalue weighted by atomic mass is 35.5. The Hall–Kier alpha value is -1.58. The van der Waals surface area contributed by atoms with Crippen LogP contribution in [0.25, 0.3) is 0 Å². The Morgan fingerprint density at radius 1 is 1.16 bits per heavy atom. The molecule has 0 saturated carbocycles. The van der Waals surface area contributed by atoms with Gasteiger partial charge in [0, 0.05) is 16.8 Å². The number of hydrogen-bond donors (Lipinski definition) is 1. The Balaban J connectivity index is 2.31. The normalized spacial score (nSPS) is 10.3. The molecule has 0 saturated heterocycles. The van der Waals surface area contributed by atoms with Gasteiger partial charge in [-0.3, -0.25) is 4.79 Å². The number of carbonyl (C=O) groups excluding carboxylic acids is 1. The number of nitrogens with one attached hydrogen (secondary N) is 1. The standard InChI is InChI=1S/C14H12Cl2N2O/c1-8-5-6-17-13(16)12(8)18-14(19)11-4-3-10(15)7-9(11)2/h3-7H,1-2H3,(H,18,19). The molecule has 1 aromatic carbocycles. The van der Waals surface area contributed by atoms with Crippen molar-refractivity contribution in [3.63, 3.8) is 0 Å². The van der Waals surface area contributed by atoms with Crippen molar-refractivity contribution in [1.82, 2.24) is 4.98 Å². The van der Waals surface area contributed by atoms with E-state index in [4.69, 9.17) is 23.2 Å². The Kier molecular flexibility index (Phi) is 4.08. The molecule has 0 bridgehead atoms. The van der Waals surface area contributed by atoms with Crippen LogP contribution in [0.1, 0.15) is 21.5 Å². The van der Waals surface area contributed by atoms with Gasteiger partial charge in [-0.1, -0.05) is 23.2 Å². The van der Waals surface area contributed by atoms with Gasteiger partial charge in [-0.15, -0.1) is 0 Å². The molecule has 3 nitrogen and oxygen atoms in total. The molecule has 19 heavy (non-hydrogen) atoms. The van der Waals surface area contributed by atoms with Crippen molar-refractivity contribution >= 4 is 34.8 Å². The second-order valence-corrected chi connectivity index (χ2v) is 5.00. The van der Waals surface area contributed by atoms with Crippen LogP contribution in [0.2, 0.25) is 10.2 Å². The number of halogens is 2. The number of benzene rings is 1. The summed E-state index contributed by atoms with van der Waals surface area (Å²) in [5, 5.41) is 3.66. The third-order valence-corrected chi connectivity index (χ3v) is 3.31. The Bertz CT molecular complexity index is 621. The maximum absolute atomic E-state index is 12.2. The largest absolute Gasteiger partial charge is 0.319 e. The van der Waals surface area contributed by atoms with E-state index in [1.54, 1.807) is 30.5 Å². The molecule has 1 amide bonds. The van der Waals surface area contributed by atoms with E-state index in [-0.39, 0.29) is 11.1 Å². The number of rotatable bonds is 2. The molecule has 1 aromatic heterocycles. The van der Waals surface area contributed by atoms with Crippen molar-refractivity contribution in [3.8, 4) is 0 Å². The summed E-state index contributed by atoms with van der Waals surface area (Å²) in [7, 11) is 0. The lowest BCUT2D eigenvalue weighted by Gasteiger charge is -2.11. The second-order valence-electron chi connectivity index (χ2n) is 4.21. The minimum atomic E-state index is -0.229. The third kappa shape index (κ3) is 3.06. The lowest BCUT2D eigenvalue weighted by molar-refractivity contribution is 0.102. The number of aromatic nitrogens is 1. The van der Waals surface area contributed by atoms with E-state index < -0.39 is 0 Å². The highest BCUT2D eigenvalue weighted by molar-refractivity contribution is 6.33. The highest BCUT2D eigenvalue weighted by Gasteiger charge is 2.13. The zero-order valence-corrected chi connectivity index (χ0v) is 12.0. The van der Waals surface area contributed by atoms with Crippen LogP contribution in [0.15, 0.2) is 30.5 Å². The van der Waals surface area contributed by atoms with Crippen molar-refractivity contribution in [2.75, 3.05) is 5.32 Å². The van der Waals surface area contributed by atoms with Gasteiger partial charge in [0.15, 0.2) is 5.15 Å². The van der Waals surface area contributed by atoms with Gasteiger partial charge in [0.05, 0.1) is 5.69 Å². The SMILES string of the molecule is Cc1cc(Cl)ccc1C(=O)Nc1c(C)ccnc1Cl. The minimum Gasteiger partial charge on any atom is -0.319 e. The molecule has 0 spiro atoms. The summed E-state index contributed by atoms with van der Waals surface area (Å²) in [6, 6.07) is 6.90. The fraction of sp³-hybridized carbons (Fsp3) is 0.143. The fourth-order valence-electron chi connectivity index (χ4n) is 1.74. The summed E-state index contributed by atoms with van der Waals surface area (Å²) in [4.78, 5) is 16.2. The van der Waals surface area contributed by atoms with Crippen LogP contribution in [-0.2, 0) is 0 Å². The lowest BCUT2D eigenvalue weighted by atomic mass is 10.1. The lowest BCUT2D eigenvalue weighted by Crippen LogP contribution is -2.14. The molecule has 0 aliphatic rings. The summed E-state index contributed by atoms with van der Waals surface area (Å²) in [5.41, 5.74) is 2.76. The average molecular weight is 295 g/mol. The van der Waals surface area contributed by atoms with Crippen LogP contribution in [0, 0.1) is 13.8 Å². The minimum absolute atomic E-state index is 0.229. The van der Waals surface area contributed by atoms with Crippen molar-refractivity contribution in [1.29, 1.82) is 0 Å². The van der Waals surface area contributed by atoms with Crippen LogP contribution in [-0.4, -0.2) is 10.9 Å². The van der Waals surface area contributed by atoms with Crippen molar-refractivity contribution < 1.29 is 4.79 Å². The number of carbonyl (C=O) groups is 1. The predicted octanol–water partition coefficient (Wildman–Crippen LogP) is 4.26. The van der Waals surface area contributed by atoms with Crippen LogP contribution in [0.5, 0.6) is 0 Å². The summed E-state index contributed by atoms with van der Waals surface area (Å²) in [6.45, 7) is 3.69. The number of pyridine rings is 1. The molecule has 0 aliphatic heterocycles. The highest BCUT2D eigenvalue weighted by Crippen LogP contribution is 2.24. The maximum atomic E-state index is 12.2. The van der Waals surface area contributed by atoms with E-state index in [1.807, 2.05) is 13.8 Å². The van der Waals surface area contributed by atoms with Crippen LogP contribution in [0.3, 0.4) is 0 Å². The Labute approximate surface area is 121 Å². The molecule has 0 aliphatic carbocycles. The van der Waals surface area contributed by atoms with Gasteiger partial charge < -0.3 is 5.32 Å². The Morgan fingerprint density at radius 2 is 1.89 bits per heavy atom. The molecule has 0 unspecified atom stereocenters. The number of nitrogens with zero attached hydrogens (tertiary/aromatic N) is 1. The van der Waals surface area contributed by atoms with Gasteiger partial charge in [0.2, 0.25) is 0 Å². The quantitative estimate of drug-likeness (QED) is 0.841. The maximum Gasteiger partial charge on any atom is 0.256 e. The first kappa shape index (κ1) is 13.8. The number of aryl methyl sites for hydroxylation is 2. The molecule has 2 aromatic rings. The predicted molar refractivity (Wildman–Crippen MR) is 78.1 cm³/mol. The topological polar surface area (TPSA) is 42.0 Å². The van der Waals surface area contributed by atoms with E-state index in [0.717, 1.165) is 11.1 Å². The van der Waals surface area contributed by atoms with E-state index in [9.17, 15) is 4.79 Å². The van der Waals surface area contributed by atoms with Crippen LogP contribution >= 0.6 is 23.2 Å². The zero-order valence-electron chi connectivity index (χ0n) is 10.5. The van der Waals surface area contributed by atoms with Gasteiger partial charge >= 0.3 is 0 Å². The van der Waals surface area contributed by atoms with Crippen molar-refractivity contribution in [3.05, 3.63) is 57.3 Å². The second kappa shape index (κ2) is 5.59. The summed E-state index contributed by atoms with van der Waals surface area (Å²) < 4.78 is 0. The zero-order chi connectivity index (χ0) is 14.0. The van der Waals surface area contributed by atoms with Gasteiger partial charge in [-0.2, -0.15) is 0 Å². The van der Waals surface area contributed by atoms with Gasteiger partial charge in [0.25, 0.3) is 5.91 Å². The molecule has 1 N–H and O–H groups in total. The summed E-state index contributed by atoms with van der Waals surface area (Å²) >= 11 is 11.8. The number of amides is 1. The monoisotopic (exact) mass is 294 g/mol. The molecule has 0 radical (unpaired) electrons. The average Bonchev–Trinajstić information content (AvgIpc) is 2.33. The van der Waals surface area contributed by atoms with E-state index in [0.29, 0.717) is 16.3 Å². The van der Waals surface area contributed by atoms with E-state index >= 15 is 0 Å². The molecule has 5 heteroatoms. The summed E-state index contributed by atoms with van der Waals surface area (Å²) in [6.07, 6.45) is 1.60. The van der Waals surface area contributed by atoms with Crippen molar-refractivity contribution in [2.45, 2.75) is 13.8 Å². The smallest absolute Gasteiger partial charge is 0.256 e. The summed E-state index contributed by atoms with van der Waals surface area (Å²) in [5.74, 6) is -0.229. The third-order valence-electron chi connectivity index (χ3n) is 2.78.